The molecule has 1 N–H and O–H groups in total. The Morgan fingerprint density at radius 1 is 1.40 bits per heavy atom. The van der Waals surface area contributed by atoms with Gasteiger partial charge >= 0.3 is 0 Å². The molecule has 1 unspecified atom stereocenters. The molecular weight excluding hydrogens is 190 g/mol. The van der Waals surface area contributed by atoms with Crippen molar-refractivity contribution in [3.05, 3.63) is 35.9 Å². The molecule has 1 aliphatic rings. The third-order valence-corrected chi connectivity index (χ3v) is 2.67. The standard InChI is InChI=1S/C12H15NO2/c1-9(10-5-3-2-4-6-10)13-12(14)11-7-15-8-11/h2-6,9,11H,7-8H2,1H3,(H,13,14). The van der Waals surface area contributed by atoms with Crippen molar-refractivity contribution in [3.8, 4) is 0 Å². The SMILES string of the molecule is CC(NC(=O)C1COC1)c1ccccc1. The number of rotatable bonds is 3. The summed E-state index contributed by atoms with van der Waals surface area (Å²) in [6.07, 6.45) is 0. The normalized spacial score (nSPS) is 17.9. The maximum Gasteiger partial charge on any atom is 0.228 e. The lowest BCUT2D eigenvalue weighted by atomic mass is 10.0. The summed E-state index contributed by atoms with van der Waals surface area (Å²) in [5, 5.41) is 2.98. The Labute approximate surface area is 89.4 Å². The molecule has 3 heteroatoms. The van der Waals surface area contributed by atoms with E-state index >= 15 is 0 Å². The fourth-order valence-corrected chi connectivity index (χ4v) is 1.54. The zero-order chi connectivity index (χ0) is 10.7. The van der Waals surface area contributed by atoms with Crippen LogP contribution < -0.4 is 5.32 Å². The molecule has 1 aliphatic heterocycles. The molecule has 80 valence electrons. The topological polar surface area (TPSA) is 38.3 Å². The highest BCUT2D eigenvalue weighted by Gasteiger charge is 2.27. The highest BCUT2D eigenvalue weighted by Crippen LogP contribution is 2.15. The first-order valence-corrected chi connectivity index (χ1v) is 5.20. The fraction of sp³-hybridized carbons (Fsp3) is 0.417. The third kappa shape index (κ3) is 2.36. The second-order valence-corrected chi connectivity index (χ2v) is 3.88. The zero-order valence-electron chi connectivity index (χ0n) is 8.77. The molecule has 1 amide bonds. The van der Waals surface area contributed by atoms with Gasteiger partial charge in [-0.15, -0.1) is 0 Å². The first kappa shape index (κ1) is 10.2. The molecular formula is C12H15NO2. The van der Waals surface area contributed by atoms with Crippen LogP contribution in [0.2, 0.25) is 0 Å². The first-order chi connectivity index (χ1) is 7.27. The number of carbonyl (C=O) groups is 1. The van der Waals surface area contributed by atoms with Gasteiger partial charge in [-0.3, -0.25) is 4.79 Å². The van der Waals surface area contributed by atoms with E-state index in [-0.39, 0.29) is 17.9 Å². The highest BCUT2D eigenvalue weighted by atomic mass is 16.5. The van der Waals surface area contributed by atoms with Gasteiger partial charge in [-0.2, -0.15) is 0 Å². The molecule has 3 nitrogen and oxygen atoms in total. The van der Waals surface area contributed by atoms with Crippen LogP contribution >= 0.6 is 0 Å². The van der Waals surface area contributed by atoms with Crippen LogP contribution in [0.15, 0.2) is 30.3 Å². The van der Waals surface area contributed by atoms with E-state index in [1.165, 1.54) is 0 Å². The average Bonchev–Trinajstić information content (AvgIpc) is 2.16. The summed E-state index contributed by atoms with van der Waals surface area (Å²) < 4.78 is 4.98. The summed E-state index contributed by atoms with van der Waals surface area (Å²) in [7, 11) is 0. The summed E-state index contributed by atoms with van der Waals surface area (Å²) in [5.41, 5.74) is 1.13. The summed E-state index contributed by atoms with van der Waals surface area (Å²) in [6, 6.07) is 10.0. The summed E-state index contributed by atoms with van der Waals surface area (Å²) in [5.74, 6) is 0.147. The van der Waals surface area contributed by atoms with E-state index < -0.39 is 0 Å². The molecule has 0 saturated carbocycles. The van der Waals surface area contributed by atoms with Crippen molar-refractivity contribution in [2.24, 2.45) is 5.92 Å². The van der Waals surface area contributed by atoms with Gasteiger partial charge in [-0.25, -0.2) is 0 Å². The Morgan fingerprint density at radius 2 is 2.07 bits per heavy atom. The monoisotopic (exact) mass is 205 g/mol. The number of hydrogen-bond donors (Lipinski definition) is 1. The van der Waals surface area contributed by atoms with Gasteiger partial charge in [0.05, 0.1) is 25.2 Å². The number of nitrogens with one attached hydrogen (secondary N) is 1. The maximum atomic E-state index is 11.6. The van der Waals surface area contributed by atoms with E-state index in [0.717, 1.165) is 5.56 Å². The van der Waals surface area contributed by atoms with Gasteiger partial charge in [0.2, 0.25) is 5.91 Å². The third-order valence-electron chi connectivity index (χ3n) is 2.67. The van der Waals surface area contributed by atoms with Crippen molar-refractivity contribution >= 4 is 5.91 Å². The van der Waals surface area contributed by atoms with E-state index in [0.29, 0.717) is 13.2 Å². The van der Waals surface area contributed by atoms with Gasteiger partial charge in [-0.1, -0.05) is 30.3 Å². The summed E-state index contributed by atoms with van der Waals surface area (Å²) in [4.78, 5) is 11.6. The molecule has 0 aromatic heterocycles. The lowest BCUT2D eigenvalue weighted by Crippen LogP contribution is -2.43. The molecule has 1 saturated heterocycles. The molecule has 1 heterocycles. The Kier molecular flexibility index (Phi) is 3.02. The molecule has 0 radical (unpaired) electrons. The number of hydrogen-bond acceptors (Lipinski definition) is 2. The van der Waals surface area contributed by atoms with Crippen LogP contribution in [-0.4, -0.2) is 19.1 Å². The van der Waals surface area contributed by atoms with Crippen LogP contribution in [0.5, 0.6) is 0 Å². The van der Waals surface area contributed by atoms with E-state index in [1.807, 2.05) is 37.3 Å². The maximum absolute atomic E-state index is 11.6. The van der Waals surface area contributed by atoms with Crippen LogP contribution in [0, 0.1) is 5.92 Å². The van der Waals surface area contributed by atoms with Gasteiger partial charge in [-0.05, 0) is 12.5 Å². The number of carbonyl (C=O) groups excluding carboxylic acids is 1. The van der Waals surface area contributed by atoms with Gasteiger partial charge in [0.15, 0.2) is 0 Å². The Morgan fingerprint density at radius 3 is 2.60 bits per heavy atom. The number of ether oxygens (including phenoxy) is 1. The van der Waals surface area contributed by atoms with Crippen molar-refractivity contribution in [2.75, 3.05) is 13.2 Å². The minimum absolute atomic E-state index is 0.0520. The predicted octanol–water partition coefficient (Wildman–Crippen LogP) is 1.51. The summed E-state index contributed by atoms with van der Waals surface area (Å²) >= 11 is 0. The quantitative estimate of drug-likeness (QED) is 0.812. The molecule has 15 heavy (non-hydrogen) atoms. The Bertz CT molecular complexity index is 333. The van der Waals surface area contributed by atoms with Gasteiger partial charge in [0.1, 0.15) is 0 Å². The number of amides is 1. The molecule has 1 aromatic rings. The van der Waals surface area contributed by atoms with Gasteiger partial charge < -0.3 is 10.1 Å². The van der Waals surface area contributed by atoms with Crippen molar-refractivity contribution in [2.45, 2.75) is 13.0 Å². The highest BCUT2D eigenvalue weighted by molar-refractivity contribution is 5.80. The van der Waals surface area contributed by atoms with Gasteiger partial charge in [0.25, 0.3) is 0 Å². The minimum Gasteiger partial charge on any atom is -0.380 e. The van der Waals surface area contributed by atoms with Crippen molar-refractivity contribution in [3.63, 3.8) is 0 Å². The second-order valence-electron chi connectivity index (χ2n) is 3.88. The van der Waals surface area contributed by atoms with Crippen molar-refractivity contribution in [1.29, 1.82) is 0 Å². The molecule has 1 fully saturated rings. The number of benzene rings is 1. The Hall–Kier alpha value is -1.35. The van der Waals surface area contributed by atoms with E-state index in [1.54, 1.807) is 0 Å². The van der Waals surface area contributed by atoms with Crippen LogP contribution in [0.1, 0.15) is 18.5 Å². The molecule has 0 bridgehead atoms. The van der Waals surface area contributed by atoms with E-state index in [2.05, 4.69) is 5.32 Å². The molecule has 2 rings (SSSR count). The van der Waals surface area contributed by atoms with Crippen LogP contribution in [0.25, 0.3) is 0 Å². The minimum atomic E-state index is 0.0520. The lowest BCUT2D eigenvalue weighted by molar-refractivity contribution is -0.139. The average molecular weight is 205 g/mol. The van der Waals surface area contributed by atoms with Crippen molar-refractivity contribution < 1.29 is 9.53 Å². The van der Waals surface area contributed by atoms with Gasteiger partial charge in [0, 0.05) is 0 Å². The Balaban J connectivity index is 1.91. The van der Waals surface area contributed by atoms with Crippen molar-refractivity contribution in [1.82, 2.24) is 5.32 Å². The fourth-order valence-electron chi connectivity index (χ4n) is 1.54. The summed E-state index contributed by atoms with van der Waals surface area (Å²) in [6.45, 7) is 3.12. The molecule has 1 aromatic carbocycles. The lowest BCUT2D eigenvalue weighted by Gasteiger charge is -2.26. The van der Waals surface area contributed by atoms with Crippen LogP contribution in [-0.2, 0) is 9.53 Å². The molecule has 0 spiro atoms. The van der Waals surface area contributed by atoms with Crippen LogP contribution in [0.4, 0.5) is 0 Å². The van der Waals surface area contributed by atoms with E-state index in [4.69, 9.17) is 4.74 Å². The van der Waals surface area contributed by atoms with Crippen LogP contribution in [0.3, 0.4) is 0 Å². The smallest absolute Gasteiger partial charge is 0.228 e. The first-order valence-electron chi connectivity index (χ1n) is 5.20. The largest absolute Gasteiger partial charge is 0.380 e. The molecule has 0 aliphatic carbocycles. The zero-order valence-corrected chi connectivity index (χ0v) is 8.77. The predicted molar refractivity (Wildman–Crippen MR) is 57.3 cm³/mol. The molecule has 1 atom stereocenters. The van der Waals surface area contributed by atoms with E-state index in [9.17, 15) is 4.79 Å². The second kappa shape index (κ2) is 4.45.